The zero-order valence-electron chi connectivity index (χ0n) is 8.79. The normalized spacial score (nSPS) is 21.9. The summed E-state index contributed by atoms with van der Waals surface area (Å²) < 4.78 is 0. The van der Waals surface area contributed by atoms with Crippen LogP contribution in [0.3, 0.4) is 0 Å². The van der Waals surface area contributed by atoms with Crippen molar-refractivity contribution in [2.45, 2.75) is 32.3 Å². The molecule has 1 rings (SSSR count). The zero-order chi connectivity index (χ0) is 9.90. The third-order valence-electron chi connectivity index (χ3n) is 2.66. The smallest absolute Gasteiger partial charge is 0.0867 e. The van der Waals surface area contributed by atoms with Crippen LogP contribution in [-0.2, 0) is 0 Å². The van der Waals surface area contributed by atoms with Gasteiger partial charge in [-0.15, -0.1) is 0 Å². The first-order chi connectivity index (χ1) is 6.07. The molecule has 3 N–H and O–H groups in total. The van der Waals surface area contributed by atoms with Gasteiger partial charge in [-0.2, -0.15) is 0 Å². The highest BCUT2D eigenvalue weighted by Gasteiger charge is 2.27. The lowest BCUT2D eigenvalue weighted by Crippen LogP contribution is -2.46. The van der Waals surface area contributed by atoms with Crippen LogP contribution in [0.15, 0.2) is 0 Å². The van der Waals surface area contributed by atoms with E-state index >= 15 is 0 Å². The Labute approximate surface area is 80.9 Å². The Kier molecular flexibility index (Phi) is 3.71. The molecule has 0 spiro atoms. The maximum absolute atomic E-state index is 9.79. The van der Waals surface area contributed by atoms with Crippen LogP contribution >= 0.6 is 0 Å². The molecule has 0 bridgehead atoms. The molecule has 0 saturated heterocycles. The Bertz CT molecular complexity index is 155. The van der Waals surface area contributed by atoms with E-state index in [-0.39, 0.29) is 0 Å². The maximum Gasteiger partial charge on any atom is 0.0867 e. The van der Waals surface area contributed by atoms with Gasteiger partial charge in [0.05, 0.1) is 5.60 Å². The van der Waals surface area contributed by atoms with Gasteiger partial charge in [0.1, 0.15) is 0 Å². The Morgan fingerprint density at radius 3 is 2.54 bits per heavy atom. The van der Waals surface area contributed by atoms with Crippen LogP contribution < -0.4 is 5.73 Å². The molecule has 0 heterocycles. The molecule has 78 valence electrons. The molecular formula is C10H22N2O. The lowest BCUT2D eigenvalue weighted by atomic mass is 10.1. The SMILES string of the molecule is CCN(CC1CC1)CC(C)(O)CN. The van der Waals surface area contributed by atoms with Crippen molar-refractivity contribution in [1.82, 2.24) is 4.90 Å². The monoisotopic (exact) mass is 186 g/mol. The van der Waals surface area contributed by atoms with E-state index < -0.39 is 5.60 Å². The van der Waals surface area contributed by atoms with E-state index in [1.165, 1.54) is 12.8 Å². The molecule has 0 amide bonds. The van der Waals surface area contributed by atoms with Gasteiger partial charge in [0.25, 0.3) is 0 Å². The van der Waals surface area contributed by atoms with Gasteiger partial charge in [-0.05, 0) is 32.2 Å². The second-order valence-electron chi connectivity index (χ2n) is 4.47. The summed E-state index contributed by atoms with van der Waals surface area (Å²) in [5, 5.41) is 9.79. The van der Waals surface area contributed by atoms with Crippen molar-refractivity contribution < 1.29 is 5.11 Å². The molecular weight excluding hydrogens is 164 g/mol. The number of rotatable bonds is 6. The minimum atomic E-state index is -0.717. The first-order valence-corrected chi connectivity index (χ1v) is 5.22. The predicted octanol–water partition coefficient (Wildman–Crippen LogP) is 0.428. The van der Waals surface area contributed by atoms with Crippen LogP contribution in [0.25, 0.3) is 0 Å². The van der Waals surface area contributed by atoms with Gasteiger partial charge in [0.15, 0.2) is 0 Å². The molecule has 1 aliphatic carbocycles. The van der Waals surface area contributed by atoms with Crippen LogP contribution in [0.2, 0.25) is 0 Å². The number of nitrogens with two attached hydrogens (primary N) is 1. The van der Waals surface area contributed by atoms with Crippen LogP contribution in [0.5, 0.6) is 0 Å². The summed E-state index contributed by atoms with van der Waals surface area (Å²) in [7, 11) is 0. The summed E-state index contributed by atoms with van der Waals surface area (Å²) in [4.78, 5) is 2.30. The Hall–Kier alpha value is -0.120. The summed E-state index contributed by atoms with van der Waals surface area (Å²) in [6.07, 6.45) is 2.72. The molecule has 0 aromatic rings. The van der Waals surface area contributed by atoms with Gasteiger partial charge in [-0.25, -0.2) is 0 Å². The van der Waals surface area contributed by atoms with Crippen molar-refractivity contribution in [1.29, 1.82) is 0 Å². The van der Waals surface area contributed by atoms with Gasteiger partial charge in [-0.3, -0.25) is 0 Å². The molecule has 1 atom stereocenters. The Balaban J connectivity index is 2.28. The molecule has 0 radical (unpaired) electrons. The molecule has 1 saturated carbocycles. The largest absolute Gasteiger partial charge is 0.388 e. The first kappa shape index (κ1) is 11.0. The fraction of sp³-hybridized carbons (Fsp3) is 1.00. The number of hydrogen-bond donors (Lipinski definition) is 2. The second kappa shape index (κ2) is 4.40. The van der Waals surface area contributed by atoms with E-state index in [9.17, 15) is 5.11 Å². The quantitative estimate of drug-likeness (QED) is 0.632. The van der Waals surface area contributed by atoms with E-state index in [0.29, 0.717) is 13.1 Å². The van der Waals surface area contributed by atoms with E-state index in [0.717, 1.165) is 19.0 Å². The standard InChI is InChI=1S/C10H22N2O/c1-3-12(6-9-4-5-9)8-10(2,13)7-11/h9,13H,3-8,11H2,1-2H3. The predicted molar refractivity (Wildman–Crippen MR) is 54.5 cm³/mol. The highest BCUT2D eigenvalue weighted by atomic mass is 16.3. The van der Waals surface area contributed by atoms with E-state index in [1.54, 1.807) is 0 Å². The first-order valence-electron chi connectivity index (χ1n) is 5.22. The van der Waals surface area contributed by atoms with Gasteiger partial charge in [0.2, 0.25) is 0 Å². The average molecular weight is 186 g/mol. The van der Waals surface area contributed by atoms with E-state index in [4.69, 9.17) is 5.73 Å². The van der Waals surface area contributed by atoms with E-state index in [1.807, 2.05) is 6.92 Å². The van der Waals surface area contributed by atoms with Crippen molar-refractivity contribution in [3.05, 3.63) is 0 Å². The number of nitrogens with zero attached hydrogens (tertiary/aromatic N) is 1. The maximum atomic E-state index is 9.79. The van der Waals surface area contributed by atoms with E-state index in [2.05, 4.69) is 11.8 Å². The highest BCUT2D eigenvalue weighted by Crippen LogP contribution is 2.29. The molecule has 1 aliphatic rings. The fourth-order valence-electron chi connectivity index (χ4n) is 1.52. The Morgan fingerprint density at radius 1 is 1.54 bits per heavy atom. The molecule has 0 aromatic carbocycles. The fourth-order valence-corrected chi connectivity index (χ4v) is 1.52. The topological polar surface area (TPSA) is 49.5 Å². The summed E-state index contributed by atoms with van der Waals surface area (Å²) >= 11 is 0. The van der Waals surface area contributed by atoms with Crippen molar-refractivity contribution in [2.75, 3.05) is 26.2 Å². The van der Waals surface area contributed by atoms with Gasteiger partial charge in [0, 0.05) is 19.6 Å². The number of hydrogen-bond acceptors (Lipinski definition) is 3. The van der Waals surface area contributed by atoms with Crippen LogP contribution in [0.1, 0.15) is 26.7 Å². The molecule has 0 aliphatic heterocycles. The van der Waals surface area contributed by atoms with Gasteiger partial charge >= 0.3 is 0 Å². The van der Waals surface area contributed by atoms with Gasteiger partial charge in [-0.1, -0.05) is 6.92 Å². The average Bonchev–Trinajstić information content (AvgIpc) is 2.87. The molecule has 1 fully saturated rings. The lowest BCUT2D eigenvalue weighted by molar-refractivity contribution is 0.0275. The van der Waals surface area contributed by atoms with Crippen LogP contribution in [0.4, 0.5) is 0 Å². The van der Waals surface area contributed by atoms with Crippen molar-refractivity contribution in [3.63, 3.8) is 0 Å². The molecule has 13 heavy (non-hydrogen) atoms. The number of aliphatic hydroxyl groups is 1. The lowest BCUT2D eigenvalue weighted by Gasteiger charge is -2.29. The third-order valence-corrected chi connectivity index (χ3v) is 2.66. The summed E-state index contributed by atoms with van der Waals surface area (Å²) in [6, 6.07) is 0. The Morgan fingerprint density at radius 2 is 2.15 bits per heavy atom. The zero-order valence-corrected chi connectivity index (χ0v) is 8.79. The summed E-state index contributed by atoms with van der Waals surface area (Å²) in [5.41, 5.74) is 4.76. The minimum absolute atomic E-state index is 0.341. The van der Waals surface area contributed by atoms with Gasteiger partial charge < -0.3 is 15.7 Å². The van der Waals surface area contributed by atoms with Crippen molar-refractivity contribution in [3.8, 4) is 0 Å². The molecule has 1 unspecified atom stereocenters. The molecule has 0 aromatic heterocycles. The summed E-state index contributed by atoms with van der Waals surface area (Å²) in [6.45, 7) is 7.13. The molecule has 3 nitrogen and oxygen atoms in total. The second-order valence-corrected chi connectivity index (χ2v) is 4.47. The number of likely N-dealkylation sites (N-methyl/N-ethyl adjacent to an activating group) is 1. The molecule has 3 heteroatoms. The summed E-state index contributed by atoms with van der Waals surface area (Å²) in [5.74, 6) is 0.883. The van der Waals surface area contributed by atoms with Crippen LogP contribution in [0, 0.1) is 5.92 Å². The third kappa shape index (κ3) is 4.07. The minimum Gasteiger partial charge on any atom is -0.388 e. The van der Waals surface area contributed by atoms with Crippen molar-refractivity contribution in [2.24, 2.45) is 11.7 Å². The van der Waals surface area contributed by atoms with Crippen LogP contribution in [-0.4, -0.2) is 41.8 Å². The van der Waals surface area contributed by atoms with Crippen molar-refractivity contribution >= 4 is 0 Å². The highest BCUT2D eigenvalue weighted by molar-refractivity contribution is 4.82.